The Hall–Kier alpha value is -1.44. The summed E-state index contributed by atoms with van der Waals surface area (Å²) in [6.45, 7) is 3.41. The van der Waals surface area contributed by atoms with Gasteiger partial charge in [0.2, 0.25) is 0 Å². The fourth-order valence-electron chi connectivity index (χ4n) is 1.71. The van der Waals surface area contributed by atoms with E-state index in [1.165, 1.54) is 0 Å². The highest BCUT2D eigenvalue weighted by Crippen LogP contribution is 2.15. The predicted molar refractivity (Wildman–Crippen MR) is 83.2 cm³/mol. The summed E-state index contributed by atoms with van der Waals surface area (Å²) < 4.78 is 13.4. The molecule has 0 aliphatic rings. The molecular formula is C14H19BrN4O2. The summed E-state index contributed by atoms with van der Waals surface area (Å²) >= 11 is 3.39. The highest BCUT2D eigenvalue weighted by Gasteiger charge is 2.01. The van der Waals surface area contributed by atoms with E-state index in [9.17, 15) is 0 Å². The zero-order chi connectivity index (χ0) is 14.9. The molecular weight excluding hydrogens is 336 g/mol. The van der Waals surface area contributed by atoms with E-state index in [0.717, 1.165) is 22.5 Å². The van der Waals surface area contributed by atoms with Crippen molar-refractivity contribution in [3.63, 3.8) is 0 Å². The van der Waals surface area contributed by atoms with Crippen LogP contribution in [0.2, 0.25) is 0 Å². The lowest BCUT2D eigenvalue weighted by Crippen LogP contribution is -2.18. The van der Waals surface area contributed by atoms with Crippen LogP contribution >= 0.6 is 15.9 Å². The summed E-state index contributed by atoms with van der Waals surface area (Å²) in [6.07, 6.45) is 1.92. The lowest BCUT2D eigenvalue weighted by Gasteiger charge is -2.05. The Bertz CT molecular complexity index is 530. The molecule has 0 saturated carbocycles. The minimum atomic E-state index is 0.557. The topological polar surface area (TPSA) is 61.2 Å². The fraction of sp³-hybridized carbons (Fsp3) is 0.429. The number of methoxy groups -OCH3 is 1. The van der Waals surface area contributed by atoms with Gasteiger partial charge in [0.1, 0.15) is 12.4 Å². The van der Waals surface area contributed by atoms with Crippen molar-refractivity contribution in [2.75, 3.05) is 26.9 Å². The van der Waals surface area contributed by atoms with Gasteiger partial charge in [0.25, 0.3) is 0 Å². The number of benzene rings is 1. The Kier molecular flexibility index (Phi) is 6.65. The highest BCUT2D eigenvalue weighted by molar-refractivity contribution is 9.10. The van der Waals surface area contributed by atoms with Crippen LogP contribution in [-0.4, -0.2) is 41.9 Å². The summed E-state index contributed by atoms with van der Waals surface area (Å²) in [6, 6.07) is 7.76. The van der Waals surface area contributed by atoms with Crippen molar-refractivity contribution < 1.29 is 9.47 Å². The number of ether oxygens (including phenoxy) is 2. The largest absolute Gasteiger partial charge is 0.492 e. The molecule has 21 heavy (non-hydrogen) atoms. The first-order chi connectivity index (χ1) is 10.3. The van der Waals surface area contributed by atoms with Crippen molar-refractivity contribution >= 4 is 15.9 Å². The molecule has 6 nitrogen and oxygen atoms in total. The third kappa shape index (κ3) is 5.82. The van der Waals surface area contributed by atoms with Crippen molar-refractivity contribution in [1.82, 2.24) is 20.3 Å². The molecule has 0 aliphatic carbocycles. The molecule has 0 radical (unpaired) electrons. The Morgan fingerprint density at radius 3 is 2.81 bits per heavy atom. The minimum Gasteiger partial charge on any atom is -0.492 e. The first-order valence-electron chi connectivity index (χ1n) is 6.75. The van der Waals surface area contributed by atoms with Crippen LogP contribution in [0, 0.1) is 0 Å². The van der Waals surface area contributed by atoms with Gasteiger partial charge in [-0.3, -0.25) is 0 Å². The number of aromatic nitrogens is 3. The second-order valence-electron chi connectivity index (χ2n) is 4.44. The summed E-state index contributed by atoms with van der Waals surface area (Å²) in [5, 5.41) is 11.4. The van der Waals surface area contributed by atoms with Crippen LogP contribution in [0.25, 0.3) is 0 Å². The number of hydrogen-bond donors (Lipinski definition) is 1. The van der Waals surface area contributed by atoms with Crippen LogP contribution in [0.15, 0.2) is 34.9 Å². The Morgan fingerprint density at radius 1 is 1.24 bits per heavy atom. The number of nitrogens with zero attached hydrogens (tertiary/aromatic N) is 3. The van der Waals surface area contributed by atoms with Gasteiger partial charge in [-0.15, -0.1) is 5.10 Å². The maximum absolute atomic E-state index is 5.65. The first-order valence-corrected chi connectivity index (χ1v) is 7.54. The van der Waals surface area contributed by atoms with Gasteiger partial charge in [0.15, 0.2) is 0 Å². The van der Waals surface area contributed by atoms with Gasteiger partial charge in [-0.05, 0) is 24.3 Å². The molecule has 1 aromatic carbocycles. The third-order valence-corrected chi connectivity index (χ3v) is 3.31. The average molecular weight is 355 g/mol. The molecule has 0 saturated heterocycles. The van der Waals surface area contributed by atoms with Gasteiger partial charge in [0.05, 0.1) is 18.8 Å². The molecule has 1 N–H and O–H groups in total. The van der Waals surface area contributed by atoms with Crippen molar-refractivity contribution in [2.45, 2.75) is 13.1 Å². The van der Waals surface area contributed by atoms with Gasteiger partial charge in [0, 0.05) is 30.9 Å². The fourth-order valence-corrected chi connectivity index (χ4v) is 1.97. The molecule has 0 aliphatic heterocycles. The van der Waals surface area contributed by atoms with Crippen LogP contribution < -0.4 is 10.1 Å². The van der Waals surface area contributed by atoms with E-state index in [1.807, 2.05) is 30.5 Å². The zero-order valence-corrected chi connectivity index (χ0v) is 13.5. The van der Waals surface area contributed by atoms with Gasteiger partial charge >= 0.3 is 0 Å². The highest BCUT2D eigenvalue weighted by atomic mass is 79.9. The monoisotopic (exact) mass is 354 g/mol. The van der Waals surface area contributed by atoms with Gasteiger partial charge < -0.3 is 14.8 Å². The molecule has 0 unspecified atom stereocenters. The van der Waals surface area contributed by atoms with Gasteiger partial charge in [-0.2, -0.15) is 0 Å². The van der Waals surface area contributed by atoms with Crippen LogP contribution in [0.4, 0.5) is 0 Å². The summed E-state index contributed by atoms with van der Waals surface area (Å²) in [5.74, 6) is 0.847. The van der Waals surface area contributed by atoms with E-state index in [1.54, 1.807) is 11.8 Å². The predicted octanol–water partition coefficient (Wildman–Crippen LogP) is 1.86. The van der Waals surface area contributed by atoms with E-state index in [-0.39, 0.29) is 0 Å². The maximum atomic E-state index is 5.65. The van der Waals surface area contributed by atoms with Crippen LogP contribution in [-0.2, 0) is 17.8 Å². The van der Waals surface area contributed by atoms with Crippen LogP contribution in [0.5, 0.6) is 5.75 Å². The summed E-state index contributed by atoms with van der Waals surface area (Å²) in [5.41, 5.74) is 0.912. The van der Waals surface area contributed by atoms with Gasteiger partial charge in [-0.1, -0.05) is 21.1 Å². The molecule has 7 heteroatoms. The van der Waals surface area contributed by atoms with Crippen molar-refractivity contribution in [3.8, 4) is 5.75 Å². The standard InChI is InChI=1S/C14H19BrN4O2/c1-20-8-6-16-10-13-11-19(18-17-13)7-9-21-14-4-2-12(15)3-5-14/h2-5,11,16H,6-10H2,1H3. The van der Waals surface area contributed by atoms with Crippen LogP contribution in [0.3, 0.4) is 0 Å². The molecule has 0 fully saturated rings. The molecule has 0 atom stereocenters. The van der Waals surface area contributed by atoms with Gasteiger partial charge in [-0.25, -0.2) is 4.68 Å². The third-order valence-electron chi connectivity index (χ3n) is 2.78. The summed E-state index contributed by atoms with van der Waals surface area (Å²) in [7, 11) is 1.68. The second-order valence-corrected chi connectivity index (χ2v) is 5.36. The first kappa shape index (κ1) is 15.9. The van der Waals surface area contributed by atoms with E-state index in [0.29, 0.717) is 26.3 Å². The summed E-state index contributed by atoms with van der Waals surface area (Å²) in [4.78, 5) is 0. The normalized spacial score (nSPS) is 10.8. The van der Waals surface area contributed by atoms with E-state index in [2.05, 4.69) is 31.6 Å². The number of halogens is 1. The zero-order valence-electron chi connectivity index (χ0n) is 12.0. The maximum Gasteiger partial charge on any atom is 0.119 e. The second kappa shape index (κ2) is 8.76. The number of hydrogen-bond acceptors (Lipinski definition) is 5. The SMILES string of the molecule is COCCNCc1cn(CCOc2ccc(Br)cc2)nn1. The molecule has 0 spiro atoms. The Morgan fingerprint density at radius 2 is 2.05 bits per heavy atom. The number of nitrogens with one attached hydrogen (secondary N) is 1. The lowest BCUT2D eigenvalue weighted by atomic mass is 10.3. The molecule has 2 aromatic rings. The van der Waals surface area contributed by atoms with Crippen molar-refractivity contribution in [2.24, 2.45) is 0 Å². The molecule has 114 valence electrons. The molecule has 0 amide bonds. The number of rotatable bonds is 9. The van der Waals surface area contributed by atoms with Crippen LogP contribution in [0.1, 0.15) is 5.69 Å². The molecule has 2 rings (SSSR count). The Balaban J connectivity index is 1.69. The minimum absolute atomic E-state index is 0.557. The average Bonchev–Trinajstić information content (AvgIpc) is 2.94. The Labute approximate surface area is 132 Å². The molecule has 1 heterocycles. The molecule has 1 aromatic heterocycles. The van der Waals surface area contributed by atoms with E-state index >= 15 is 0 Å². The smallest absolute Gasteiger partial charge is 0.119 e. The van der Waals surface area contributed by atoms with Crippen molar-refractivity contribution in [1.29, 1.82) is 0 Å². The lowest BCUT2D eigenvalue weighted by molar-refractivity contribution is 0.199. The van der Waals surface area contributed by atoms with E-state index < -0.39 is 0 Å². The quantitative estimate of drug-likeness (QED) is 0.696. The van der Waals surface area contributed by atoms with Crippen molar-refractivity contribution in [3.05, 3.63) is 40.6 Å². The van der Waals surface area contributed by atoms with E-state index in [4.69, 9.17) is 9.47 Å². The molecule has 0 bridgehead atoms.